The van der Waals surface area contributed by atoms with Crippen molar-refractivity contribution in [3.8, 4) is 17.4 Å². The molecule has 1 aromatic carbocycles. The fourth-order valence-corrected chi connectivity index (χ4v) is 2.31. The van der Waals surface area contributed by atoms with Gasteiger partial charge >= 0.3 is 12.1 Å². The Balaban J connectivity index is 2.24. The number of alkyl halides is 3. The Morgan fingerprint density at radius 2 is 2.04 bits per heavy atom. The third-order valence-electron chi connectivity index (χ3n) is 3.30. The van der Waals surface area contributed by atoms with E-state index in [4.69, 9.17) is 26.2 Å². The fraction of sp³-hybridized carbons (Fsp3) is 0.294. The van der Waals surface area contributed by atoms with Crippen LogP contribution < -0.4 is 9.47 Å². The van der Waals surface area contributed by atoms with Gasteiger partial charge in [0.15, 0.2) is 0 Å². The molecule has 0 spiro atoms. The Morgan fingerprint density at radius 3 is 2.62 bits per heavy atom. The van der Waals surface area contributed by atoms with Gasteiger partial charge in [-0.1, -0.05) is 17.7 Å². The van der Waals surface area contributed by atoms with Gasteiger partial charge in [0.25, 0.3) is 0 Å². The Bertz CT molecular complexity index is 796. The first kappa shape index (κ1) is 19.8. The van der Waals surface area contributed by atoms with Gasteiger partial charge in [-0.05, 0) is 31.0 Å². The summed E-state index contributed by atoms with van der Waals surface area (Å²) >= 11 is 5.82. The number of hydrogen-bond donors (Lipinski definition) is 1. The lowest BCUT2D eigenvalue weighted by Crippen LogP contribution is -2.06. The summed E-state index contributed by atoms with van der Waals surface area (Å²) < 4.78 is 48.8. The molecule has 0 aliphatic heterocycles. The number of benzene rings is 1. The van der Waals surface area contributed by atoms with Crippen LogP contribution in [0.1, 0.15) is 24.5 Å². The molecule has 140 valence electrons. The van der Waals surface area contributed by atoms with Gasteiger partial charge in [-0.25, -0.2) is 4.98 Å². The predicted octanol–water partition coefficient (Wildman–Crippen LogP) is 4.96. The molecule has 0 atom stereocenters. The smallest absolute Gasteiger partial charge is 0.417 e. The normalized spacial score (nSPS) is 11.3. The van der Waals surface area contributed by atoms with Crippen LogP contribution in [0.3, 0.4) is 0 Å². The predicted molar refractivity (Wildman–Crippen MR) is 87.9 cm³/mol. The molecule has 1 heterocycles. The molecule has 1 N–H and O–H groups in total. The molecule has 0 aliphatic carbocycles. The molecule has 0 aliphatic rings. The van der Waals surface area contributed by atoms with Gasteiger partial charge in [0, 0.05) is 18.7 Å². The molecule has 9 heteroatoms. The molecule has 1 aromatic heterocycles. The lowest BCUT2D eigenvalue weighted by Gasteiger charge is -2.13. The second-order valence-corrected chi connectivity index (χ2v) is 5.61. The van der Waals surface area contributed by atoms with Crippen molar-refractivity contribution in [2.24, 2.45) is 0 Å². The number of pyridine rings is 1. The standard InChI is InChI=1S/C17H15ClF3NO4/c1-2-25-14-8-12(5-3-10(14)4-6-15(23)24)26-16-13(18)7-11(9-22-16)17(19,20)21/h3,5,7-9H,2,4,6H2,1H3,(H,23,24). The summed E-state index contributed by atoms with van der Waals surface area (Å²) in [5.74, 6) is -0.440. The average molecular weight is 390 g/mol. The summed E-state index contributed by atoms with van der Waals surface area (Å²) in [6.45, 7) is 2.12. The molecular weight excluding hydrogens is 375 g/mol. The van der Waals surface area contributed by atoms with E-state index in [1.807, 2.05) is 0 Å². The minimum absolute atomic E-state index is 0.0629. The van der Waals surface area contributed by atoms with Crippen molar-refractivity contribution in [3.63, 3.8) is 0 Å². The first-order valence-electron chi connectivity index (χ1n) is 7.58. The number of aromatic nitrogens is 1. The summed E-state index contributed by atoms with van der Waals surface area (Å²) in [7, 11) is 0. The molecule has 0 radical (unpaired) electrons. The number of nitrogens with zero attached hydrogens (tertiary/aromatic N) is 1. The van der Waals surface area contributed by atoms with Crippen molar-refractivity contribution in [1.82, 2.24) is 4.98 Å². The zero-order valence-electron chi connectivity index (χ0n) is 13.6. The number of rotatable bonds is 7. The van der Waals surface area contributed by atoms with Crippen LogP contribution in [0, 0.1) is 0 Å². The number of carboxylic acid groups (broad SMARTS) is 1. The van der Waals surface area contributed by atoms with Crippen molar-refractivity contribution in [1.29, 1.82) is 0 Å². The second kappa shape index (κ2) is 8.27. The van der Waals surface area contributed by atoms with E-state index in [-0.39, 0.29) is 29.5 Å². The zero-order chi connectivity index (χ0) is 19.3. The summed E-state index contributed by atoms with van der Waals surface area (Å²) in [5, 5.41) is 8.50. The van der Waals surface area contributed by atoms with Gasteiger partial charge in [-0.2, -0.15) is 13.2 Å². The Kier molecular flexibility index (Phi) is 6.31. The monoisotopic (exact) mass is 389 g/mol. The molecule has 0 fully saturated rings. The van der Waals surface area contributed by atoms with E-state index in [1.165, 1.54) is 12.1 Å². The molecular formula is C17H15ClF3NO4. The van der Waals surface area contributed by atoms with Crippen molar-refractivity contribution < 1.29 is 32.5 Å². The lowest BCUT2D eigenvalue weighted by atomic mass is 10.1. The van der Waals surface area contributed by atoms with E-state index in [2.05, 4.69) is 4.98 Å². The van der Waals surface area contributed by atoms with Gasteiger partial charge in [0.2, 0.25) is 5.88 Å². The highest BCUT2D eigenvalue weighted by Crippen LogP contribution is 2.35. The van der Waals surface area contributed by atoms with Gasteiger partial charge < -0.3 is 14.6 Å². The van der Waals surface area contributed by atoms with Crippen LogP contribution in [0.4, 0.5) is 13.2 Å². The third-order valence-corrected chi connectivity index (χ3v) is 3.57. The van der Waals surface area contributed by atoms with Crippen molar-refractivity contribution in [2.75, 3.05) is 6.61 Å². The number of carbonyl (C=O) groups is 1. The summed E-state index contributed by atoms with van der Waals surface area (Å²) in [4.78, 5) is 14.3. The minimum atomic E-state index is -4.55. The largest absolute Gasteiger partial charge is 0.493 e. The zero-order valence-corrected chi connectivity index (χ0v) is 14.4. The second-order valence-electron chi connectivity index (χ2n) is 5.21. The van der Waals surface area contributed by atoms with Crippen LogP contribution in [-0.2, 0) is 17.4 Å². The van der Waals surface area contributed by atoms with Crippen LogP contribution in [0.25, 0.3) is 0 Å². The van der Waals surface area contributed by atoms with Gasteiger partial charge in [-0.3, -0.25) is 4.79 Å². The minimum Gasteiger partial charge on any atom is -0.493 e. The first-order chi connectivity index (χ1) is 12.2. The highest BCUT2D eigenvalue weighted by molar-refractivity contribution is 6.31. The summed E-state index contributed by atoms with van der Waals surface area (Å²) in [6, 6.07) is 5.40. The van der Waals surface area contributed by atoms with Gasteiger partial charge in [-0.15, -0.1) is 0 Å². The van der Waals surface area contributed by atoms with Gasteiger partial charge in [0.05, 0.1) is 12.2 Å². The topological polar surface area (TPSA) is 68.7 Å². The number of carboxylic acids is 1. The number of halogens is 4. The van der Waals surface area contributed by atoms with E-state index < -0.39 is 17.7 Å². The summed E-state index contributed by atoms with van der Waals surface area (Å²) in [5.41, 5.74) is -0.304. The van der Waals surface area contributed by atoms with Crippen molar-refractivity contribution >= 4 is 17.6 Å². The Morgan fingerprint density at radius 1 is 1.31 bits per heavy atom. The SMILES string of the molecule is CCOc1cc(Oc2ncc(C(F)(F)F)cc2Cl)ccc1CCC(=O)O. The van der Waals surface area contributed by atoms with Crippen LogP contribution in [-0.4, -0.2) is 22.7 Å². The molecule has 26 heavy (non-hydrogen) atoms. The third kappa shape index (κ3) is 5.26. The van der Waals surface area contributed by atoms with E-state index in [0.29, 0.717) is 24.1 Å². The maximum absolute atomic E-state index is 12.6. The van der Waals surface area contributed by atoms with Crippen molar-refractivity contribution in [2.45, 2.75) is 25.9 Å². The molecule has 0 unspecified atom stereocenters. The number of aliphatic carboxylic acids is 1. The van der Waals surface area contributed by atoms with Crippen LogP contribution >= 0.6 is 11.6 Å². The highest BCUT2D eigenvalue weighted by atomic mass is 35.5. The molecule has 2 aromatic rings. The average Bonchev–Trinajstić information content (AvgIpc) is 2.55. The molecule has 0 saturated heterocycles. The quantitative estimate of drug-likeness (QED) is 0.724. The van der Waals surface area contributed by atoms with E-state index in [9.17, 15) is 18.0 Å². The van der Waals surface area contributed by atoms with Gasteiger partial charge in [0.1, 0.15) is 16.5 Å². The Labute approximate surface area is 152 Å². The maximum Gasteiger partial charge on any atom is 0.417 e. The molecule has 2 rings (SSSR count). The van der Waals surface area contributed by atoms with Crippen LogP contribution in [0.15, 0.2) is 30.5 Å². The van der Waals surface area contributed by atoms with E-state index in [1.54, 1.807) is 13.0 Å². The lowest BCUT2D eigenvalue weighted by molar-refractivity contribution is -0.138. The maximum atomic E-state index is 12.6. The molecule has 0 amide bonds. The summed E-state index contributed by atoms with van der Waals surface area (Å²) in [6.07, 6.45) is -3.72. The van der Waals surface area contributed by atoms with E-state index in [0.717, 1.165) is 6.07 Å². The number of hydrogen-bond acceptors (Lipinski definition) is 4. The highest BCUT2D eigenvalue weighted by Gasteiger charge is 2.31. The van der Waals surface area contributed by atoms with Crippen LogP contribution in [0.5, 0.6) is 17.4 Å². The van der Waals surface area contributed by atoms with Crippen molar-refractivity contribution in [3.05, 3.63) is 46.6 Å². The van der Waals surface area contributed by atoms with E-state index >= 15 is 0 Å². The molecule has 0 bridgehead atoms. The molecule has 5 nitrogen and oxygen atoms in total. The van der Waals surface area contributed by atoms with Crippen LogP contribution in [0.2, 0.25) is 5.02 Å². The fourth-order valence-electron chi connectivity index (χ4n) is 2.10. The number of aryl methyl sites for hydroxylation is 1. The Hall–Kier alpha value is -2.48. The number of ether oxygens (including phenoxy) is 2. The first-order valence-corrected chi connectivity index (χ1v) is 7.96. The molecule has 0 saturated carbocycles.